The molecule has 2 rings (SSSR count). The molecule has 0 saturated heterocycles. The first kappa shape index (κ1) is 11.4. The van der Waals surface area contributed by atoms with Crippen LogP contribution in [0.5, 0.6) is 5.75 Å². The highest BCUT2D eigenvalue weighted by Crippen LogP contribution is 2.33. The number of alkyl halides is 1. The SMILES string of the molecule is COc1cc(C)ccc1-c1nc(CCl)cs1. The molecule has 0 unspecified atom stereocenters. The summed E-state index contributed by atoms with van der Waals surface area (Å²) in [6.07, 6.45) is 0. The molecule has 0 atom stereocenters. The first-order valence-electron chi connectivity index (χ1n) is 4.90. The van der Waals surface area contributed by atoms with Crippen LogP contribution in [0.1, 0.15) is 11.3 Å². The van der Waals surface area contributed by atoms with Crippen LogP contribution in [0.3, 0.4) is 0 Å². The Balaban J connectivity index is 2.46. The van der Waals surface area contributed by atoms with Gasteiger partial charge in [-0.05, 0) is 24.6 Å². The highest BCUT2D eigenvalue weighted by atomic mass is 35.5. The number of thiazole rings is 1. The number of aryl methyl sites for hydroxylation is 1. The zero-order chi connectivity index (χ0) is 11.5. The maximum Gasteiger partial charge on any atom is 0.129 e. The van der Waals surface area contributed by atoms with Gasteiger partial charge in [-0.2, -0.15) is 0 Å². The normalized spacial score (nSPS) is 10.4. The predicted octanol–water partition coefficient (Wildman–Crippen LogP) is 3.87. The lowest BCUT2D eigenvalue weighted by Crippen LogP contribution is -1.88. The van der Waals surface area contributed by atoms with E-state index in [2.05, 4.69) is 11.1 Å². The summed E-state index contributed by atoms with van der Waals surface area (Å²) in [5.74, 6) is 1.31. The fraction of sp³-hybridized carbons (Fsp3) is 0.250. The number of methoxy groups -OCH3 is 1. The smallest absolute Gasteiger partial charge is 0.129 e. The van der Waals surface area contributed by atoms with Crippen LogP contribution in [0.2, 0.25) is 0 Å². The third kappa shape index (κ3) is 2.20. The highest BCUT2D eigenvalue weighted by molar-refractivity contribution is 7.13. The minimum atomic E-state index is 0.449. The Morgan fingerprint density at radius 3 is 2.88 bits per heavy atom. The second kappa shape index (κ2) is 4.85. The molecule has 0 radical (unpaired) electrons. The summed E-state index contributed by atoms with van der Waals surface area (Å²) in [5.41, 5.74) is 3.11. The quantitative estimate of drug-likeness (QED) is 0.775. The maximum absolute atomic E-state index is 5.74. The van der Waals surface area contributed by atoms with Crippen LogP contribution in [0.15, 0.2) is 23.6 Å². The van der Waals surface area contributed by atoms with Crippen LogP contribution in [0.25, 0.3) is 10.6 Å². The monoisotopic (exact) mass is 253 g/mol. The zero-order valence-corrected chi connectivity index (χ0v) is 10.7. The number of ether oxygens (including phenoxy) is 1. The van der Waals surface area contributed by atoms with Crippen molar-refractivity contribution in [3.05, 3.63) is 34.8 Å². The van der Waals surface area contributed by atoms with Crippen molar-refractivity contribution >= 4 is 22.9 Å². The van der Waals surface area contributed by atoms with Crippen molar-refractivity contribution in [1.29, 1.82) is 0 Å². The van der Waals surface area contributed by atoms with Crippen LogP contribution in [-0.4, -0.2) is 12.1 Å². The van der Waals surface area contributed by atoms with Crippen molar-refractivity contribution < 1.29 is 4.74 Å². The van der Waals surface area contributed by atoms with E-state index >= 15 is 0 Å². The van der Waals surface area contributed by atoms with Gasteiger partial charge < -0.3 is 4.74 Å². The summed E-state index contributed by atoms with van der Waals surface area (Å²) in [6.45, 7) is 2.04. The molecule has 16 heavy (non-hydrogen) atoms. The van der Waals surface area contributed by atoms with E-state index in [9.17, 15) is 0 Å². The highest BCUT2D eigenvalue weighted by Gasteiger charge is 2.09. The topological polar surface area (TPSA) is 22.1 Å². The Bertz CT molecular complexity index is 496. The molecule has 1 heterocycles. The van der Waals surface area contributed by atoms with E-state index in [4.69, 9.17) is 16.3 Å². The molecule has 0 spiro atoms. The van der Waals surface area contributed by atoms with Crippen molar-refractivity contribution in [3.8, 4) is 16.3 Å². The van der Waals surface area contributed by atoms with Gasteiger partial charge in [0, 0.05) is 5.38 Å². The van der Waals surface area contributed by atoms with E-state index in [1.165, 1.54) is 5.56 Å². The lowest BCUT2D eigenvalue weighted by molar-refractivity contribution is 0.416. The van der Waals surface area contributed by atoms with E-state index in [0.717, 1.165) is 22.0 Å². The molecule has 1 aromatic heterocycles. The number of halogens is 1. The van der Waals surface area contributed by atoms with E-state index < -0.39 is 0 Å². The summed E-state index contributed by atoms with van der Waals surface area (Å²) < 4.78 is 5.36. The second-order valence-corrected chi connectivity index (χ2v) is 4.61. The van der Waals surface area contributed by atoms with Crippen LogP contribution < -0.4 is 4.74 Å². The molecule has 0 aliphatic rings. The summed E-state index contributed by atoms with van der Waals surface area (Å²) in [7, 11) is 1.67. The minimum Gasteiger partial charge on any atom is -0.496 e. The standard InChI is InChI=1S/C12H12ClNOS/c1-8-3-4-10(11(5-8)15-2)12-14-9(6-13)7-16-12/h3-5,7H,6H2,1-2H3. The molecular formula is C12H12ClNOS. The molecule has 2 nitrogen and oxygen atoms in total. The molecule has 0 fully saturated rings. The predicted molar refractivity (Wildman–Crippen MR) is 68.4 cm³/mol. The number of aromatic nitrogens is 1. The van der Waals surface area contributed by atoms with Crippen molar-refractivity contribution in [2.75, 3.05) is 7.11 Å². The Labute approximate surface area is 104 Å². The van der Waals surface area contributed by atoms with Gasteiger partial charge >= 0.3 is 0 Å². The van der Waals surface area contributed by atoms with Gasteiger partial charge in [0.2, 0.25) is 0 Å². The lowest BCUT2D eigenvalue weighted by atomic mass is 10.1. The van der Waals surface area contributed by atoms with Gasteiger partial charge in [0.15, 0.2) is 0 Å². The molecule has 1 aromatic carbocycles. The Morgan fingerprint density at radius 2 is 2.25 bits per heavy atom. The second-order valence-electron chi connectivity index (χ2n) is 3.48. The lowest BCUT2D eigenvalue weighted by Gasteiger charge is -2.06. The maximum atomic E-state index is 5.74. The Morgan fingerprint density at radius 1 is 1.44 bits per heavy atom. The summed E-state index contributed by atoms with van der Waals surface area (Å²) in [4.78, 5) is 4.44. The van der Waals surface area contributed by atoms with Crippen LogP contribution in [0.4, 0.5) is 0 Å². The van der Waals surface area contributed by atoms with Gasteiger partial charge in [0.1, 0.15) is 10.8 Å². The molecule has 0 aliphatic heterocycles. The van der Waals surface area contributed by atoms with E-state index in [0.29, 0.717) is 5.88 Å². The molecule has 0 saturated carbocycles. The molecule has 4 heteroatoms. The van der Waals surface area contributed by atoms with E-state index in [1.54, 1.807) is 18.4 Å². The number of benzene rings is 1. The summed E-state index contributed by atoms with van der Waals surface area (Å²) >= 11 is 7.33. The Kier molecular flexibility index (Phi) is 3.46. The largest absolute Gasteiger partial charge is 0.496 e. The summed E-state index contributed by atoms with van der Waals surface area (Å²) in [6, 6.07) is 6.10. The van der Waals surface area contributed by atoms with Crippen LogP contribution >= 0.6 is 22.9 Å². The van der Waals surface area contributed by atoms with E-state index in [1.807, 2.05) is 24.4 Å². The van der Waals surface area contributed by atoms with Crippen molar-refractivity contribution in [3.63, 3.8) is 0 Å². The van der Waals surface area contributed by atoms with Crippen LogP contribution in [0, 0.1) is 6.92 Å². The van der Waals surface area contributed by atoms with Crippen molar-refractivity contribution in [1.82, 2.24) is 4.98 Å². The molecule has 0 aliphatic carbocycles. The minimum absolute atomic E-state index is 0.449. The average Bonchev–Trinajstić information content (AvgIpc) is 2.77. The first-order valence-corrected chi connectivity index (χ1v) is 6.31. The van der Waals surface area contributed by atoms with Crippen LogP contribution in [-0.2, 0) is 5.88 Å². The molecule has 0 bridgehead atoms. The molecular weight excluding hydrogens is 242 g/mol. The number of hydrogen-bond donors (Lipinski definition) is 0. The third-order valence-electron chi connectivity index (χ3n) is 2.28. The van der Waals surface area contributed by atoms with E-state index in [-0.39, 0.29) is 0 Å². The Hall–Kier alpha value is -1.06. The van der Waals surface area contributed by atoms with Gasteiger partial charge in [0.25, 0.3) is 0 Å². The van der Waals surface area contributed by atoms with Crippen molar-refractivity contribution in [2.45, 2.75) is 12.8 Å². The zero-order valence-electron chi connectivity index (χ0n) is 9.16. The average molecular weight is 254 g/mol. The van der Waals surface area contributed by atoms with Gasteiger partial charge in [-0.25, -0.2) is 4.98 Å². The molecule has 0 N–H and O–H groups in total. The van der Waals surface area contributed by atoms with Gasteiger partial charge in [-0.3, -0.25) is 0 Å². The molecule has 2 aromatic rings. The number of rotatable bonds is 3. The number of hydrogen-bond acceptors (Lipinski definition) is 3. The first-order chi connectivity index (χ1) is 7.74. The van der Waals surface area contributed by atoms with Gasteiger partial charge in [0.05, 0.1) is 24.2 Å². The van der Waals surface area contributed by atoms with Gasteiger partial charge in [-0.1, -0.05) is 6.07 Å². The van der Waals surface area contributed by atoms with Gasteiger partial charge in [-0.15, -0.1) is 22.9 Å². The summed E-state index contributed by atoms with van der Waals surface area (Å²) in [5, 5.41) is 2.93. The fourth-order valence-electron chi connectivity index (χ4n) is 1.47. The molecule has 84 valence electrons. The number of nitrogens with zero attached hydrogens (tertiary/aromatic N) is 1. The fourth-order valence-corrected chi connectivity index (χ4v) is 2.54. The van der Waals surface area contributed by atoms with Crippen molar-refractivity contribution in [2.24, 2.45) is 0 Å². The third-order valence-corrected chi connectivity index (χ3v) is 3.47. The molecule has 0 amide bonds.